The highest BCUT2D eigenvalue weighted by molar-refractivity contribution is 6.00. The number of hydrogen-bond acceptors (Lipinski definition) is 5. The van der Waals surface area contributed by atoms with Crippen LogP contribution in [0.2, 0.25) is 0 Å². The maximum atomic E-state index is 11.8. The summed E-state index contributed by atoms with van der Waals surface area (Å²) in [5.41, 5.74) is -1.37. The Balaban J connectivity index is 3.10. The predicted octanol–water partition coefficient (Wildman–Crippen LogP) is 0.730. The normalized spacial score (nSPS) is 26.0. The molecule has 1 saturated carbocycles. The second kappa shape index (κ2) is 5.12. The van der Waals surface area contributed by atoms with Gasteiger partial charge in [-0.3, -0.25) is 9.59 Å². The second-order valence-corrected chi connectivity index (χ2v) is 4.17. The first kappa shape index (κ1) is 13.4. The van der Waals surface area contributed by atoms with Crippen LogP contribution in [-0.4, -0.2) is 32.4 Å². The molecule has 0 aliphatic heterocycles. The number of hydrogen-bond donors (Lipinski definition) is 0. The van der Waals surface area contributed by atoms with Gasteiger partial charge in [-0.25, -0.2) is 0 Å². The highest BCUT2D eigenvalue weighted by Gasteiger charge is 2.56. The summed E-state index contributed by atoms with van der Waals surface area (Å²) >= 11 is 0. The molecule has 0 amide bonds. The molecule has 1 aliphatic rings. The lowest BCUT2D eigenvalue weighted by Gasteiger charge is -2.22. The van der Waals surface area contributed by atoms with Crippen molar-refractivity contribution in [2.45, 2.75) is 12.8 Å². The highest BCUT2D eigenvalue weighted by atomic mass is 16.5. The summed E-state index contributed by atoms with van der Waals surface area (Å²) < 4.78 is 9.31. The van der Waals surface area contributed by atoms with Gasteiger partial charge in [-0.15, -0.1) is 6.58 Å². The molecule has 0 aromatic heterocycles. The lowest BCUT2D eigenvalue weighted by atomic mass is 9.85. The van der Waals surface area contributed by atoms with Gasteiger partial charge >= 0.3 is 11.9 Å². The van der Waals surface area contributed by atoms with Gasteiger partial charge in [-0.05, 0) is 18.8 Å². The molecular formula is C12H16O5. The van der Waals surface area contributed by atoms with Crippen LogP contribution in [0.15, 0.2) is 12.7 Å². The molecule has 1 fully saturated rings. The topological polar surface area (TPSA) is 69.7 Å². The minimum atomic E-state index is -1.37. The van der Waals surface area contributed by atoms with Crippen LogP contribution in [0.5, 0.6) is 0 Å². The zero-order valence-corrected chi connectivity index (χ0v) is 9.97. The number of carbonyl (C=O) groups is 3. The van der Waals surface area contributed by atoms with Gasteiger partial charge in [0.05, 0.1) is 14.2 Å². The van der Waals surface area contributed by atoms with E-state index in [4.69, 9.17) is 0 Å². The van der Waals surface area contributed by atoms with Gasteiger partial charge < -0.3 is 14.3 Å². The number of rotatable bonds is 4. The summed E-state index contributed by atoms with van der Waals surface area (Å²) in [6.45, 7) is 3.61. The van der Waals surface area contributed by atoms with Gasteiger partial charge in [0.15, 0.2) is 5.41 Å². The Morgan fingerprint density at radius 1 is 1.18 bits per heavy atom. The molecule has 0 unspecified atom stereocenters. The van der Waals surface area contributed by atoms with Crippen molar-refractivity contribution >= 4 is 18.2 Å². The average molecular weight is 240 g/mol. The van der Waals surface area contributed by atoms with E-state index in [0.29, 0.717) is 0 Å². The fourth-order valence-electron chi connectivity index (χ4n) is 2.41. The van der Waals surface area contributed by atoms with Crippen molar-refractivity contribution in [3.05, 3.63) is 12.7 Å². The number of carbonyl (C=O) groups excluding carboxylic acids is 3. The molecule has 2 atom stereocenters. The molecule has 0 spiro atoms. The summed E-state index contributed by atoms with van der Waals surface area (Å²) in [7, 11) is 2.42. The van der Waals surface area contributed by atoms with Crippen molar-refractivity contribution in [1.82, 2.24) is 0 Å². The van der Waals surface area contributed by atoms with Crippen LogP contribution in [-0.2, 0) is 23.9 Å². The first-order valence-electron chi connectivity index (χ1n) is 5.30. The lowest BCUT2D eigenvalue weighted by molar-refractivity contribution is -0.168. The number of esters is 2. The number of methoxy groups -OCH3 is 2. The maximum absolute atomic E-state index is 11.8. The van der Waals surface area contributed by atoms with Gasteiger partial charge in [-0.2, -0.15) is 0 Å². The van der Waals surface area contributed by atoms with Crippen LogP contribution in [0.4, 0.5) is 0 Å². The largest absolute Gasteiger partial charge is 0.468 e. The number of ether oxygens (including phenoxy) is 2. The van der Waals surface area contributed by atoms with Gasteiger partial charge in [0.25, 0.3) is 0 Å². The van der Waals surface area contributed by atoms with Crippen molar-refractivity contribution in [3.8, 4) is 0 Å². The number of allylic oxidation sites excluding steroid dienone is 1. The van der Waals surface area contributed by atoms with E-state index >= 15 is 0 Å². The Morgan fingerprint density at radius 2 is 1.65 bits per heavy atom. The van der Waals surface area contributed by atoms with E-state index < -0.39 is 23.3 Å². The Morgan fingerprint density at radius 3 is 1.94 bits per heavy atom. The highest BCUT2D eigenvalue weighted by Crippen LogP contribution is 2.47. The van der Waals surface area contributed by atoms with E-state index in [1.54, 1.807) is 6.08 Å². The molecule has 94 valence electrons. The summed E-state index contributed by atoms with van der Waals surface area (Å²) in [4.78, 5) is 34.5. The third kappa shape index (κ3) is 2.09. The van der Waals surface area contributed by atoms with Crippen LogP contribution >= 0.6 is 0 Å². The van der Waals surface area contributed by atoms with Gasteiger partial charge in [0.1, 0.15) is 6.29 Å². The molecule has 0 aromatic rings. The minimum absolute atomic E-state index is 0.118. The van der Waals surface area contributed by atoms with E-state index in [9.17, 15) is 14.4 Å². The monoisotopic (exact) mass is 240 g/mol. The third-order valence-electron chi connectivity index (χ3n) is 3.35. The maximum Gasteiger partial charge on any atom is 0.323 e. The first-order chi connectivity index (χ1) is 8.05. The quantitative estimate of drug-likeness (QED) is 0.313. The van der Waals surface area contributed by atoms with Crippen LogP contribution in [0.25, 0.3) is 0 Å². The Labute approximate surface area is 99.8 Å². The zero-order chi connectivity index (χ0) is 13.1. The molecule has 0 heterocycles. The van der Waals surface area contributed by atoms with Crippen molar-refractivity contribution in [3.63, 3.8) is 0 Å². The Hall–Kier alpha value is -1.65. The van der Waals surface area contributed by atoms with Crippen molar-refractivity contribution in [1.29, 1.82) is 0 Å². The third-order valence-corrected chi connectivity index (χ3v) is 3.35. The van der Waals surface area contributed by atoms with Crippen LogP contribution in [0.1, 0.15) is 12.8 Å². The Kier molecular flexibility index (Phi) is 4.04. The van der Waals surface area contributed by atoms with E-state index in [2.05, 4.69) is 16.1 Å². The molecule has 0 saturated heterocycles. The van der Waals surface area contributed by atoms with Crippen molar-refractivity contribution in [2.75, 3.05) is 14.2 Å². The van der Waals surface area contributed by atoms with E-state index in [0.717, 1.165) is 6.29 Å². The smallest absolute Gasteiger partial charge is 0.323 e. The van der Waals surface area contributed by atoms with Crippen LogP contribution < -0.4 is 0 Å². The standard InChI is InChI=1S/C12H16O5/c1-4-8-5-12(10(14)16-2,11(15)17-3)6-9(8)7-13/h4,7-9H,1,5-6H2,2-3H3/t8-,9+/m1/s1. The fourth-order valence-corrected chi connectivity index (χ4v) is 2.41. The molecule has 0 radical (unpaired) electrons. The van der Waals surface area contributed by atoms with E-state index in [1.807, 2.05) is 0 Å². The minimum Gasteiger partial charge on any atom is -0.468 e. The summed E-state index contributed by atoms with van der Waals surface area (Å²) in [5.74, 6) is -1.91. The lowest BCUT2D eigenvalue weighted by Crippen LogP contribution is -2.39. The van der Waals surface area contributed by atoms with Crippen molar-refractivity contribution < 1.29 is 23.9 Å². The van der Waals surface area contributed by atoms with Crippen LogP contribution in [0.3, 0.4) is 0 Å². The summed E-state index contributed by atoms with van der Waals surface area (Å²) in [5, 5.41) is 0. The average Bonchev–Trinajstić information content (AvgIpc) is 2.76. The first-order valence-corrected chi connectivity index (χ1v) is 5.30. The van der Waals surface area contributed by atoms with E-state index in [-0.39, 0.29) is 18.8 Å². The molecule has 17 heavy (non-hydrogen) atoms. The summed E-state index contributed by atoms with van der Waals surface area (Å²) in [6, 6.07) is 0. The second-order valence-electron chi connectivity index (χ2n) is 4.17. The molecule has 5 heteroatoms. The molecule has 0 bridgehead atoms. The van der Waals surface area contributed by atoms with Gasteiger partial charge in [-0.1, -0.05) is 6.08 Å². The molecule has 5 nitrogen and oxygen atoms in total. The van der Waals surface area contributed by atoms with Crippen molar-refractivity contribution in [2.24, 2.45) is 17.3 Å². The SMILES string of the molecule is C=C[C@@H]1CC(C(=O)OC)(C(=O)OC)C[C@H]1C=O. The number of aldehydes is 1. The fraction of sp³-hybridized carbons (Fsp3) is 0.583. The van der Waals surface area contributed by atoms with Gasteiger partial charge in [0.2, 0.25) is 0 Å². The van der Waals surface area contributed by atoms with Crippen LogP contribution in [0, 0.1) is 17.3 Å². The Bertz CT molecular complexity index is 313. The van der Waals surface area contributed by atoms with Gasteiger partial charge in [0, 0.05) is 5.92 Å². The molecule has 1 aliphatic carbocycles. The predicted molar refractivity (Wildman–Crippen MR) is 58.9 cm³/mol. The summed E-state index contributed by atoms with van der Waals surface area (Å²) in [6.07, 6.45) is 2.67. The molecular weight excluding hydrogens is 224 g/mol. The zero-order valence-electron chi connectivity index (χ0n) is 9.97. The molecule has 1 rings (SSSR count). The molecule has 0 aromatic carbocycles. The van der Waals surface area contributed by atoms with E-state index in [1.165, 1.54) is 14.2 Å². The molecule has 0 N–H and O–H groups in total.